The molecule has 3 heteroatoms. The molecule has 0 saturated heterocycles. The molecule has 0 aliphatic heterocycles. The lowest BCUT2D eigenvalue weighted by molar-refractivity contribution is 0.0877. The molecule has 0 fully saturated rings. The van der Waals surface area contributed by atoms with E-state index in [-0.39, 0.29) is 12.0 Å². The van der Waals surface area contributed by atoms with Crippen LogP contribution in [0.1, 0.15) is 27.7 Å². The minimum atomic E-state index is -0.644. The van der Waals surface area contributed by atoms with Gasteiger partial charge in [0.05, 0.1) is 12.7 Å². The molecule has 2 atom stereocenters. The molecule has 3 nitrogen and oxygen atoms in total. The lowest BCUT2D eigenvalue weighted by atomic mass is 9.88. The summed E-state index contributed by atoms with van der Waals surface area (Å²) in [5.74, 6) is 0. The van der Waals surface area contributed by atoms with Crippen LogP contribution in [0.3, 0.4) is 0 Å². The van der Waals surface area contributed by atoms with E-state index in [0.717, 1.165) is 0 Å². The van der Waals surface area contributed by atoms with Crippen molar-refractivity contribution in [2.75, 3.05) is 13.2 Å². The van der Waals surface area contributed by atoms with E-state index in [1.54, 1.807) is 0 Å². The highest BCUT2D eigenvalue weighted by Gasteiger charge is 2.19. The van der Waals surface area contributed by atoms with E-state index >= 15 is 0 Å². The fraction of sp³-hybridized carbons (Fsp3) is 1.00. The zero-order chi connectivity index (χ0) is 9.78. The summed E-state index contributed by atoms with van der Waals surface area (Å²) in [6.45, 7) is 8.75. The molecular formula is C9H21NO2. The predicted octanol–water partition coefficient (Wildman–Crippen LogP) is 0.364. The Morgan fingerprint density at radius 3 is 2.17 bits per heavy atom. The first-order valence-corrected chi connectivity index (χ1v) is 4.40. The molecule has 0 aromatic carbocycles. The summed E-state index contributed by atoms with van der Waals surface area (Å²) in [6, 6.07) is 0.332. The van der Waals surface area contributed by atoms with E-state index in [2.05, 4.69) is 33.0 Å². The standard InChI is InChI=1S/C9H21NO2/c1-7(9(2,3)4)10-5-8(12)6-11/h7-8,10-12H,5-6H2,1-4H3/t7?,8-/m0/s1. The van der Waals surface area contributed by atoms with Crippen molar-refractivity contribution < 1.29 is 10.2 Å². The van der Waals surface area contributed by atoms with E-state index < -0.39 is 6.10 Å². The summed E-state index contributed by atoms with van der Waals surface area (Å²) in [5.41, 5.74) is 0.190. The zero-order valence-electron chi connectivity index (χ0n) is 8.46. The second-order valence-electron chi connectivity index (χ2n) is 4.33. The minimum Gasteiger partial charge on any atom is -0.394 e. The Balaban J connectivity index is 3.64. The van der Waals surface area contributed by atoms with Crippen LogP contribution in [0.15, 0.2) is 0 Å². The molecule has 0 amide bonds. The number of nitrogens with one attached hydrogen (secondary N) is 1. The topological polar surface area (TPSA) is 52.5 Å². The average Bonchev–Trinajstić information content (AvgIpc) is 1.97. The molecule has 0 rings (SSSR count). The van der Waals surface area contributed by atoms with Gasteiger partial charge in [-0.25, -0.2) is 0 Å². The highest BCUT2D eigenvalue weighted by atomic mass is 16.3. The van der Waals surface area contributed by atoms with Gasteiger partial charge < -0.3 is 15.5 Å². The lowest BCUT2D eigenvalue weighted by Crippen LogP contribution is -2.42. The molecule has 0 heterocycles. The third kappa shape index (κ3) is 4.70. The first-order chi connectivity index (χ1) is 5.38. The SMILES string of the molecule is CC(NC[C@H](O)CO)C(C)(C)C. The van der Waals surface area contributed by atoms with Gasteiger partial charge in [-0.05, 0) is 12.3 Å². The van der Waals surface area contributed by atoms with Crippen LogP contribution in [0.5, 0.6) is 0 Å². The average molecular weight is 175 g/mol. The van der Waals surface area contributed by atoms with E-state index in [9.17, 15) is 0 Å². The van der Waals surface area contributed by atoms with Crippen molar-refractivity contribution in [1.29, 1.82) is 0 Å². The van der Waals surface area contributed by atoms with Gasteiger partial charge in [-0.1, -0.05) is 20.8 Å². The maximum Gasteiger partial charge on any atom is 0.0895 e. The van der Waals surface area contributed by atoms with Crippen molar-refractivity contribution in [3.05, 3.63) is 0 Å². The van der Waals surface area contributed by atoms with E-state index in [4.69, 9.17) is 10.2 Å². The molecule has 0 spiro atoms. The minimum absolute atomic E-state index is 0.177. The molecule has 0 aromatic heterocycles. The van der Waals surface area contributed by atoms with Crippen LogP contribution in [0.4, 0.5) is 0 Å². The first kappa shape index (κ1) is 11.9. The maximum absolute atomic E-state index is 9.06. The molecule has 0 radical (unpaired) electrons. The second kappa shape index (κ2) is 4.80. The Morgan fingerprint density at radius 2 is 1.83 bits per heavy atom. The zero-order valence-corrected chi connectivity index (χ0v) is 8.46. The quantitative estimate of drug-likeness (QED) is 0.578. The van der Waals surface area contributed by atoms with Crippen LogP contribution in [0.25, 0.3) is 0 Å². The third-order valence-corrected chi connectivity index (χ3v) is 2.17. The largest absolute Gasteiger partial charge is 0.394 e. The maximum atomic E-state index is 9.06. The Hall–Kier alpha value is -0.120. The van der Waals surface area contributed by atoms with Crippen molar-refractivity contribution in [2.45, 2.75) is 39.8 Å². The molecule has 0 aromatic rings. The molecule has 0 bridgehead atoms. The van der Waals surface area contributed by atoms with Gasteiger partial charge in [0, 0.05) is 12.6 Å². The predicted molar refractivity (Wildman–Crippen MR) is 50.0 cm³/mol. The molecular weight excluding hydrogens is 154 g/mol. The summed E-state index contributed by atoms with van der Waals surface area (Å²) >= 11 is 0. The van der Waals surface area contributed by atoms with Gasteiger partial charge >= 0.3 is 0 Å². The summed E-state index contributed by atoms with van der Waals surface area (Å²) in [5, 5.41) is 20.8. The Bertz CT molecular complexity index is 120. The van der Waals surface area contributed by atoms with Gasteiger partial charge in [-0.2, -0.15) is 0 Å². The molecule has 0 saturated carbocycles. The summed E-state index contributed by atoms with van der Waals surface area (Å²) in [7, 11) is 0. The third-order valence-electron chi connectivity index (χ3n) is 2.17. The number of hydrogen-bond acceptors (Lipinski definition) is 3. The normalized spacial score (nSPS) is 17.5. The van der Waals surface area contributed by atoms with Gasteiger partial charge in [-0.3, -0.25) is 0 Å². The van der Waals surface area contributed by atoms with Crippen LogP contribution in [0, 0.1) is 5.41 Å². The van der Waals surface area contributed by atoms with Crippen LogP contribution in [-0.4, -0.2) is 35.5 Å². The Morgan fingerprint density at radius 1 is 1.33 bits per heavy atom. The highest BCUT2D eigenvalue weighted by molar-refractivity contribution is 4.76. The van der Waals surface area contributed by atoms with Crippen molar-refractivity contribution in [1.82, 2.24) is 5.32 Å². The van der Waals surface area contributed by atoms with Gasteiger partial charge in [-0.15, -0.1) is 0 Å². The van der Waals surface area contributed by atoms with Crippen LogP contribution < -0.4 is 5.32 Å². The van der Waals surface area contributed by atoms with Crippen molar-refractivity contribution in [3.8, 4) is 0 Å². The molecule has 3 N–H and O–H groups in total. The molecule has 12 heavy (non-hydrogen) atoms. The molecule has 1 unspecified atom stereocenters. The number of aliphatic hydroxyl groups is 2. The smallest absolute Gasteiger partial charge is 0.0895 e. The van der Waals surface area contributed by atoms with Gasteiger partial charge in [0.25, 0.3) is 0 Å². The monoisotopic (exact) mass is 175 g/mol. The Labute approximate surface area is 74.8 Å². The summed E-state index contributed by atoms with van der Waals surface area (Å²) in [6.07, 6.45) is -0.644. The second-order valence-corrected chi connectivity index (χ2v) is 4.33. The van der Waals surface area contributed by atoms with Crippen molar-refractivity contribution in [2.24, 2.45) is 5.41 Å². The number of rotatable bonds is 4. The number of hydrogen-bond donors (Lipinski definition) is 3. The Kier molecular flexibility index (Phi) is 4.75. The summed E-state index contributed by atoms with van der Waals surface area (Å²) in [4.78, 5) is 0. The van der Waals surface area contributed by atoms with Gasteiger partial charge in [0.15, 0.2) is 0 Å². The van der Waals surface area contributed by atoms with Gasteiger partial charge in [0.1, 0.15) is 0 Å². The number of aliphatic hydroxyl groups excluding tert-OH is 2. The lowest BCUT2D eigenvalue weighted by Gasteiger charge is -2.28. The van der Waals surface area contributed by atoms with Gasteiger partial charge in [0.2, 0.25) is 0 Å². The summed E-state index contributed by atoms with van der Waals surface area (Å²) < 4.78 is 0. The van der Waals surface area contributed by atoms with E-state index in [0.29, 0.717) is 12.6 Å². The van der Waals surface area contributed by atoms with Crippen LogP contribution in [0.2, 0.25) is 0 Å². The van der Waals surface area contributed by atoms with E-state index in [1.807, 2.05) is 0 Å². The first-order valence-electron chi connectivity index (χ1n) is 4.40. The molecule has 0 aliphatic carbocycles. The van der Waals surface area contributed by atoms with Crippen molar-refractivity contribution >= 4 is 0 Å². The molecule has 0 aliphatic rings. The molecule has 74 valence electrons. The highest BCUT2D eigenvalue weighted by Crippen LogP contribution is 2.18. The van der Waals surface area contributed by atoms with Crippen molar-refractivity contribution in [3.63, 3.8) is 0 Å². The fourth-order valence-corrected chi connectivity index (χ4v) is 0.684. The van der Waals surface area contributed by atoms with E-state index in [1.165, 1.54) is 0 Å². The van der Waals surface area contributed by atoms with Crippen LogP contribution in [-0.2, 0) is 0 Å². The van der Waals surface area contributed by atoms with Crippen LogP contribution >= 0.6 is 0 Å². The fourth-order valence-electron chi connectivity index (χ4n) is 0.684.